The molecule has 0 aliphatic carbocycles. The normalized spacial score (nSPS) is 15.1. The Morgan fingerprint density at radius 1 is 1.27 bits per heavy atom. The minimum Gasteiger partial charge on any atom is -0.506 e. The van der Waals surface area contributed by atoms with Crippen LogP contribution in [0.1, 0.15) is 39.9 Å². The van der Waals surface area contributed by atoms with Crippen molar-refractivity contribution in [1.82, 2.24) is 4.90 Å². The zero-order chi connectivity index (χ0) is 18.7. The first kappa shape index (κ1) is 18.5. The SMILES string of the molecule is CCc1sc(C(=O)N2CCC(C(=O)Nc3ccccc3O)CC2)cc1C. The number of amides is 2. The molecule has 138 valence electrons. The van der Waals surface area contributed by atoms with Gasteiger partial charge in [0, 0.05) is 23.9 Å². The lowest BCUT2D eigenvalue weighted by molar-refractivity contribution is -0.121. The summed E-state index contributed by atoms with van der Waals surface area (Å²) in [6.07, 6.45) is 2.21. The van der Waals surface area contributed by atoms with Crippen LogP contribution in [0.5, 0.6) is 5.75 Å². The fraction of sp³-hybridized carbons (Fsp3) is 0.400. The van der Waals surface area contributed by atoms with Gasteiger partial charge in [-0.15, -0.1) is 11.3 Å². The highest BCUT2D eigenvalue weighted by Crippen LogP contribution is 2.27. The third kappa shape index (κ3) is 3.90. The largest absolute Gasteiger partial charge is 0.506 e. The number of nitrogens with one attached hydrogen (secondary N) is 1. The Bertz CT molecular complexity index is 807. The number of rotatable bonds is 4. The van der Waals surface area contributed by atoms with E-state index < -0.39 is 0 Å². The van der Waals surface area contributed by atoms with E-state index in [2.05, 4.69) is 12.2 Å². The minimum absolute atomic E-state index is 0.0632. The highest BCUT2D eigenvalue weighted by Gasteiger charge is 2.29. The van der Waals surface area contributed by atoms with E-state index >= 15 is 0 Å². The molecule has 1 aliphatic rings. The summed E-state index contributed by atoms with van der Waals surface area (Å²) in [7, 11) is 0. The van der Waals surface area contributed by atoms with Crippen LogP contribution in [0.3, 0.4) is 0 Å². The number of anilines is 1. The molecule has 26 heavy (non-hydrogen) atoms. The van der Waals surface area contributed by atoms with Gasteiger partial charge in [0.1, 0.15) is 5.75 Å². The zero-order valence-electron chi connectivity index (χ0n) is 15.1. The summed E-state index contributed by atoms with van der Waals surface area (Å²) in [5.41, 5.74) is 1.61. The molecule has 1 aromatic carbocycles. The first-order valence-electron chi connectivity index (χ1n) is 8.97. The molecule has 1 aromatic heterocycles. The van der Waals surface area contributed by atoms with Crippen molar-refractivity contribution in [3.8, 4) is 5.75 Å². The van der Waals surface area contributed by atoms with Gasteiger partial charge in [-0.2, -0.15) is 0 Å². The second-order valence-corrected chi connectivity index (χ2v) is 7.78. The average molecular weight is 372 g/mol. The van der Waals surface area contributed by atoms with Crippen LogP contribution in [0.25, 0.3) is 0 Å². The number of nitrogens with zero attached hydrogens (tertiary/aromatic N) is 1. The van der Waals surface area contributed by atoms with Gasteiger partial charge in [-0.1, -0.05) is 19.1 Å². The Labute approximate surface area is 157 Å². The van der Waals surface area contributed by atoms with Crippen molar-refractivity contribution in [2.45, 2.75) is 33.1 Å². The minimum atomic E-state index is -0.144. The number of likely N-dealkylation sites (tertiary alicyclic amines) is 1. The lowest BCUT2D eigenvalue weighted by Gasteiger charge is -2.31. The molecule has 0 unspecified atom stereocenters. The summed E-state index contributed by atoms with van der Waals surface area (Å²) in [6, 6.07) is 8.68. The fourth-order valence-electron chi connectivity index (χ4n) is 3.29. The number of para-hydroxylation sites is 2. The Hall–Kier alpha value is -2.34. The van der Waals surface area contributed by atoms with Crippen LogP contribution in [-0.2, 0) is 11.2 Å². The van der Waals surface area contributed by atoms with Gasteiger partial charge in [0.2, 0.25) is 5.91 Å². The molecule has 2 aromatic rings. The van der Waals surface area contributed by atoms with Crippen LogP contribution in [0.15, 0.2) is 30.3 Å². The highest BCUT2D eigenvalue weighted by atomic mass is 32.1. The highest BCUT2D eigenvalue weighted by molar-refractivity contribution is 7.14. The number of phenolic OH excluding ortho intramolecular Hbond substituents is 1. The summed E-state index contributed by atoms with van der Waals surface area (Å²) in [5, 5.41) is 12.6. The summed E-state index contributed by atoms with van der Waals surface area (Å²) < 4.78 is 0. The smallest absolute Gasteiger partial charge is 0.263 e. The number of hydrogen-bond acceptors (Lipinski definition) is 4. The molecule has 0 bridgehead atoms. The van der Waals surface area contributed by atoms with Crippen LogP contribution in [0, 0.1) is 12.8 Å². The maximum Gasteiger partial charge on any atom is 0.263 e. The third-order valence-electron chi connectivity index (χ3n) is 4.87. The van der Waals surface area contributed by atoms with E-state index in [4.69, 9.17) is 0 Å². The van der Waals surface area contributed by atoms with Gasteiger partial charge in [0.05, 0.1) is 10.6 Å². The van der Waals surface area contributed by atoms with Gasteiger partial charge >= 0.3 is 0 Å². The van der Waals surface area contributed by atoms with Crippen molar-refractivity contribution in [2.24, 2.45) is 5.92 Å². The lowest BCUT2D eigenvalue weighted by Crippen LogP contribution is -2.41. The zero-order valence-corrected chi connectivity index (χ0v) is 15.9. The fourth-order valence-corrected chi connectivity index (χ4v) is 4.37. The van der Waals surface area contributed by atoms with Crippen LogP contribution in [-0.4, -0.2) is 34.9 Å². The van der Waals surface area contributed by atoms with Crippen molar-refractivity contribution in [1.29, 1.82) is 0 Å². The number of thiophene rings is 1. The molecule has 2 amide bonds. The number of carbonyl (C=O) groups excluding carboxylic acids is 2. The predicted molar refractivity (Wildman–Crippen MR) is 104 cm³/mol. The standard InChI is InChI=1S/C20H24N2O3S/c1-3-17-13(2)12-18(26-17)20(25)22-10-8-14(9-11-22)19(24)21-15-6-4-5-7-16(15)23/h4-7,12,14,23H,3,8-11H2,1-2H3,(H,21,24). The second kappa shape index (κ2) is 7.91. The number of aryl methyl sites for hydroxylation is 2. The first-order chi connectivity index (χ1) is 12.5. The maximum atomic E-state index is 12.7. The van der Waals surface area contributed by atoms with Gasteiger partial charge in [-0.3, -0.25) is 9.59 Å². The van der Waals surface area contributed by atoms with Gasteiger partial charge < -0.3 is 15.3 Å². The lowest BCUT2D eigenvalue weighted by atomic mass is 9.95. The van der Waals surface area contributed by atoms with Crippen molar-refractivity contribution < 1.29 is 14.7 Å². The molecule has 3 rings (SSSR count). The third-order valence-corrected chi connectivity index (χ3v) is 6.24. The topological polar surface area (TPSA) is 69.6 Å². The second-order valence-electron chi connectivity index (χ2n) is 6.64. The van der Waals surface area contributed by atoms with E-state index in [1.54, 1.807) is 35.6 Å². The number of aromatic hydroxyl groups is 1. The van der Waals surface area contributed by atoms with E-state index in [0.717, 1.165) is 11.3 Å². The molecule has 0 saturated carbocycles. The van der Waals surface area contributed by atoms with Gasteiger partial charge in [0.15, 0.2) is 0 Å². The Morgan fingerprint density at radius 3 is 2.58 bits per heavy atom. The van der Waals surface area contributed by atoms with Gasteiger partial charge in [-0.05, 0) is 49.9 Å². The Balaban J connectivity index is 1.57. The monoisotopic (exact) mass is 372 g/mol. The Morgan fingerprint density at radius 2 is 1.96 bits per heavy atom. The first-order valence-corrected chi connectivity index (χ1v) is 9.78. The predicted octanol–water partition coefficient (Wildman–Crippen LogP) is 3.82. The molecule has 1 aliphatic heterocycles. The molecule has 2 heterocycles. The number of piperidine rings is 1. The quantitative estimate of drug-likeness (QED) is 0.802. The van der Waals surface area contributed by atoms with Crippen molar-refractivity contribution in [3.05, 3.63) is 45.6 Å². The van der Waals surface area contributed by atoms with Crippen molar-refractivity contribution in [2.75, 3.05) is 18.4 Å². The van der Waals surface area contributed by atoms with Crippen LogP contribution < -0.4 is 5.32 Å². The molecular formula is C20H24N2O3S. The Kier molecular flexibility index (Phi) is 5.61. The molecule has 2 N–H and O–H groups in total. The number of phenols is 1. The van der Waals surface area contributed by atoms with Gasteiger partial charge in [-0.25, -0.2) is 0 Å². The van der Waals surface area contributed by atoms with Crippen LogP contribution in [0.4, 0.5) is 5.69 Å². The number of hydrogen-bond donors (Lipinski definition) is 2. The van der Waals surface area contributed by atoms with Crippen molar-refractivity contribution in [3.63, 3.8) is 0 Å². The molecule has 1 saturated heterocycles. The summed E-state index contributed by atoms with van der Waals surface area (Å²) in [6.45, 7) is 5.30. The maximum absolute atomic E-state index is 12.7. The average Bonchev–Trinajstić information content (AvgIpc) is 3.04. The van der Waals surface area contributed by atoms with Crippen molar-refractivity contribution >= 4 is 28.8 Å². The van der Waals surface area contributed by atoms with Crippen LogP contribution >= 0.6 is 11.3 Å². The number of benzene rings is 1. The van der Waals surface area contributed by atoms with E-state index in [1.807, 2.05) is 17.9 Å². The van der Waals surface area contributed by atoms with Gasteiger partial charge in [0.25, 0.3) is 5.91 Å². The van der Waals surface area contributed by atoms with Crippen LogP contribution in [0.2, 0.25) is 0 Å². The number of carbonyl (C=O) groups is 2. The summed E-state index contributed by atoms with van der Waals surface area (Å²) >= 11 is 1.57. The van der Waals surface area contributed by atoms with E-state index in [1.165, 1.54) is 10.4 Å². The molecular weight excluding hydrogens is 348 g/mol. The summed E-state index contributed by atoms with van der Waals surface area (Å²) in [4.78, 5) is 29.0. The molecule has 0 spiro atoms. The molecule has 6 heteroatoms. The molecule has 0 radical (unpaired) electrons. The molecule has 1 fully saturated rings. The van der Waals surface area contributed by atoms with E-state index in [-0.39, 0.29) is 23.5 Å². The molecule has 5 nitrogen and oxygen atoms in total. The molecule has 0 atom stereocenters. The van der Waals surface area contributed by atoms with E-state index in [9.17, 15) is 14.7 Å². The summed E-state index contributed by atoms with van der Waals surface area (Å²) in [5.74, 6) is -0.112. The van der Waals surface area contributed by atoms with E-state index in [0.29, 0.717) is 31.6 Å².